The van der Waals surface area contributed by atoms with Gasteiger partial charge in [0.1, 0.15) is 17.5 Å². The second-order valence-electron chi connectivity index (χ2n) is 5.76. The smallest absolute Gasteiger partial charge is 0.142 e. The van der Waals surface area contributed by atoms with E-state index in [0.717, 1.165) is 41.1 Å². The Morgan fingerprint density at radius 2 is 2.23 bits per heavy atom. The van der Waals surface area contributed by atoms with Crippen LogP contribution in [-0.4, -0.2) is 14.8 Å². The molecular formula is C17H19N5. The molecule has 0 aromatic carbocycles. The number of aryl methyl sites for hydroxylation is 1. The molecule has 1 saturated carbocycles. The van der Waals surface area contributed by atoms with Gasteiger partial charge >= 0.3 is 0 Å². The lowest BCUT2D eigenvalue weighted by atomic mass is 9.98. The fourth-order valence-corrected chi connectivity index (χ4v) is 2.87. The summed E-state index contributed by atoms with van der Waals surface area (Å²) < 4.78 is 1.90. The molecule has 0 unspecified atom stereocenters. The van der Waals surface area contributed by atoms with E-state index in [1.54, 1.807) is 0 Å². The standard InChI is InChI=1S/C17H19N5/c1-4-7-22-11(3)16(10(2)21-22)13-8-15(12-5-6-12)20-17(19)14(13)9-18/h4,8,12H,1,5-7H2,2-3H3,(H2,19,20). The molecule has 1 aliphatic carbocycles. The molecule has 0 saturated heterocycles. The summed E-state index contributed by atoms with van der Waals surface area (Å²) in [5.41, 5.74) is 11.2. The average Bonchev–Trinajstić information content (AvgIpc) is 3.27. The van der Waals surface area contributed by atoms with Crippen molar-refractivity contribution in [1.29, 1.82) is 5.26 Å². The van der Waals surface area contributed by atoms with E-state index >= 15 is 0 Å². The summed E-state index contributed by atoms with van der Waals surface area (Å²) in [6.45, 7) is 8.36. The third-order valence-electron chi connectivity index (χ3n) is 4.13. The van der Waals surface area contributed by atoms with Crippen molar-refractivity contribution in [2.24, 2.45) is 0 Å². The number of aromatic nitrogens is 3. The summed E-state index contributed by atoms with van der Waals surface area (Å²) in [7, 11) is 0. The highest BCUT2D eigenvalue weighted by Crippen LogP contribution is 2.42. The Bertz CT molecular complexity index is 790. The molecule has 0 bridgehead atoms. The van der Waals surface area contributed by atoms with Crippen LogP contribution in [0.3, 0.4) is 0 Å². The first-order valence-electron chi connectivity index (χ1n) is 7.42. The molecule has 3 rings (SSSR count). The largest absolute Gasteiger partial charge is 0.383 e. The van der Waals surface area contributed by atoms with Crippen molar-refractivity contribution in [1.82, 2.24) is 14.8 Å². The molecule has 0 amide bonds. The zero-order valence-electron chi connectivity index (χ0n) is 12.9. The van der Waals surface area contributed by atoms with Crippen molar-refractivity contribution < 1.29 is 0 Å². The van der Waals surface area contributed by atoms with Crippen LogP contribution >= 0.6 is 0 Å². The van der Waals surface area contributed by atoms with E-state index in [1.807, 2.05) is 30.7 Å². The Hall–Kier alpha value is -2.61. The topological polar surface area (TPSA) is 80.5 Å². The predicted octanol–water partition coefficient (Wildman–Crippen LogP) is 3.08. The molecule has 0 spiro atoms. The monoisotopic (exact) mass is 293 g/mol. The molecule has 1 fully saturated rings. The second-order valence-corrected chi connectivity index (χ2v) is 5.76. The fraction of sp³-hybridized carbons (Fsp3) is 0.353. The lowest BCUT2D eigenvalue weighted by molar-refractivity contribution is 0.673. The van der Waals surface area contributed by atoms with Gasteiger partial charge in [-0.2, -0.15) is 10.4 Å². The zero-order chi connectivity index (χ0) is 15.9. The summed E-state index contributed by atoms with van der Waals surface area (Å²) in [5.74, 6) is 0.801. The van der Waals surface area contributed by atoms with Crippen molar-refractivity contribution in [2.75, 3.05) is 5.73 Å². The highest BCUT2D eigenvalue weighted by Gasteiger charge is 2.28. The number of hydrogen-bond acceptors (Lipinski definition) is 4. The number of pyridine rings is 1. The van der Waals surface area contributed by atoms with E-state index in [4.69, 9.17) is 5.73 Å². The van der Waals surface area contributed by atoms with Crippen LogP contribution in [0.1, 0.15) is 41.4 Å². The number of nitrogens with zero attached hydrogens (tertiary/aromatic N) is 4. The second kappa shape index (κ2) is 5.30. The molecule has 2 heterocycles. The number of anilines is 1. The average molecular weight is 293 g/mol. The summed E-state index contributed by atoms with van der Waals surface area (Å²) in [5, 5.41) is 14.0. The Morgan fingerprint density at radius 3 is 2.82 bits per heavy atom. The molecule has 2 aromatic rings. The number of hydrogen-bond donors (Lipinski definition) is 1. The van der Waals surface area contributed by atoms with Crippen molar-refractivity contribution in [2.45, 2.75) is 39.2 Å². The van der Waals surface area contributed by atoms with E-state index in [9.17, 15) is 5.26 Å². The van der Waals surface area contributed by atoms with E-state index in [2.05, 4.69) is 22.7 Å². The van der Waals surface area contributed by atoms with E-state index in [-0.39, 0.29) is 0 Å². The minimum absolute atomic E-state index is 0.317. The molecule has 5 heteroatoms. The van der Waals surface area contributed by atoms with Gasteiger partial charge in [-0.3, -0.25) is 4.68 Å². The van der Waals surface area contributed by atoms with Gasteiger partial charge in [0.25, 0.3) is 0 Å². The van der Waals surface area contributed by atoms with Crippen LogP contribution in [0.2, 0.25) is 0 Å². The molecule has 22 heavy (non-hydrogen) atoms. The van der Waals surface area contributed by atoms with Crippen LogP contribution in [0.15, 0.2) is 18.7 Å². The van der Waals surface area contributed by atoms with Crippen LogP contribution in [0.5, 0.6) is 0 Å². The van der Waals surface area contributed by atoms with Gasteiger partial charge in [-0.25, -0.2) is 4.98 Å². The quantitative estimate of drug-likeness (QED) is 0.878. The maximum Gasteiger partial charge on any atom is 0.142 e. The van der Waals surface area contributed by atoms with Gasteiger partial charge in [-0.05, 0) is 32.8 Å². The van der Waals surface area contributed by atoms with Gasteiger partial charge in [-0.15, -0.1) is 6.58 Å². The lowest BCUT2D eigenvalue weighted by Crippen LogP contribution is -2.02. The van der Waals surface area contributed by atoms with Crippen molar-refractivity contribution in [3.8, 4) is 17.2 Å². The SMILES string of the molecule is C=CCn1nc(C)c(-c2cc(C3CC3)nc(N)c2C#N)c1C. The lowest BCUT2D eigenvalue weighted by Gasteiger charge is -2.10. The normalized spacial score (nSPS) is 13.9. The number of nitriles is 1. The number of nitrogens with two attached hydrogens (primary N) is 1. The Balaban J connectivity index is 2.23. The van der Waals surface area contributed by atoms with Crippen LogP contribution in [0, 0.1) is 25.2 Å². The Morgan fingerprint density at radius 1 is 1.50 bits per heavy atom. The van der Waals surface area contributed by atoms with Gasteiger partial charge in [0.2, 0.25) is 0 Å². The van der Waals surface area contributed by atoms with E-state index in [1.165, 1.54) is 0 Å². The zero-order valence-corrected chi connectivity index (χ0v) is 12.9. The van der Waals surface area contributed by atoms with Crippen molar-refractivity contribution >= 4 is 5.82 Å². The molecule has 0 aliphatic heterocycles. The third-order valence-corrected chi connectivity index (χ3v) is 4.13. The molecule has 1 aliphatic rings. The van der Waals surface area contributed by atoms with Crippen LogP contribution in [0.4, 0.5) is 5.82 Å². The first kappa shape index (κ1) is 14.3. The van der Waals surface area contributed by atoms with Crippen molar-refractivity contribution in [3.05, 3.63) is 41.4 Å². The third kappa shape index (κ3) is 2.27. The van der Waals surface area contributed by atoms with Gasteiger partial charge in [0, 0.05) is 28.4 Å². The number of allylic oxidation sites excluding steroid dienone is 1. The first-order valence-corrected chi connectivity index (χ1v) is 7.42. The molecule has 0 radical (unpaired) electrons. The minimum Gasteiger partial charge on any atom is -0.383 e. The Labute approximate surface area is 130 Å². The van der Waals surface area contributed by atoms with Gasteiger partial charge in [0.05, 0.1) is 12.2 Å². The minimum atomic E-state index is 0.317. The molecule has 0 atom stereocenters. The molecule has 2 aromatic heterocycles. The highest BCUT2D eigenvalue weighted by atomic mass is 15.3. The van der Waals surface area contributed by atoms with E-state index in [0.29, 0.717) is 23.8 Å². The fourth-order valence-electron chi connectivity index (χ4n) is 2.87. The maximum absolute atomic E-state index is 9.48. The molecular weight excluding hydrogens is 274 g/mol. The maximum atomic E-state index is 9.48. The number of rotatable bonds is 4. The molecule has 5 nitrogen and oxygen atoms in total. The van der Waals surface area contributed by atoms with Gasteiger partial charge in [0.15, 0.2) is 0 Å². The number of nitrogen functional groups attached to an aromatic ring is 1. The predicted molar refractivity (Wildman–Crippen MR) is 86.2 cm³/mol. The van der Waals surface area contributed by atoms with E-state index < -0.39 is 0 Å². The van der Waals surface area contributed by atoms with Crippen LogP contribution in [-0.2, 0) is 6.54 Å². The summed E-state index contributed by atoms with van der Waals surface area (Å²) in [6, 6.07) is 4.22. The van der Waals surface area contributed by atoms with Crippen LogP contribution in [0.25, 0.3) is 11.1 Å². The first-order chi connectivity index (χ1) is 10.6. The summed E-state index contributed by atoms with van der Waals surface area (Å²) in [4.78, 5) is 4.41. The summed E-state index contributed by atoms with van der Waals surface area (Å²) in [6.07, 6.45) is 4.10. The van der Waals surface area contributed by atoms with Crippen LogP contribution < -0.4 is 5.73 Å². The highest BCUT2D eigenvalue weighted by molar-refractivity contribution is 5.78. The molecule has 2 N–H and O–H groups in total. The summed E-state index contributed by atoms with van der Waals surface area (Å²) >= 11 is 0. The Kier molecular flexibility index (Phi) is 3.45. The van der Waals surface area contributed by atoms with Gasteiger partial charge in [-0.1, -0.05) is 6.08 Å². The van der Waals surface area contributed by atoms with Gasteiger partial charge < -0.3 is 5.73 Å². The van der Waals surface area contributed by atoms with Crippen molar-refractivity contribution in [3.63, 3.8) is 0 Å². The molecule has 112 valence electrons.